The minimum absolute atomic E-state index is 0.836. The van der Waals surface area contributed by atoms with Crippen LogP contribution in [0.25, 0.3) is 0 Å². The van der Waals surface area contributed by atoms with Crippen molar-refractivity contribution in [2.75, 3.05) is 18.6 Å². The lowest BCUT2D eigenvalue weighted by Gasteiger charge is -2.04. The normalized spacial score (nSPS) is 10.4. The third-order valence-corrected chi connectivity index (χ3v) is 4.28. The fourth-order valence-electron chi connectivity index (χ4n) is 1.97. The van der Waals surface area contributed by atoms with E-state index in [-0.39, 0.29) is 0 Å². The molecule has 106 valence electrons. The molecule has 0 aromatic heterocycles. The van der Waals surface area contributed by atoms with Gasteiger partial charge < -0.3 is 10.5 Å². The van der Waals surface area contributed by atoms with Crippen LogP contribution in [0.3, 0.4) is 0 Å². The smallest absolute Gasteiger partial charge is 0.118 e. The van der Waals surface area contributed by atoms with E-state index in [0.717, 1.165) is 23.6 Å². The molecular weight excluding hydrogens is 266 g/mol. The Balaban J connectivity index is 1.64. The number of anilines is 1. The first-order chi connectivity index (χ1) is 9.78. The van der Waals surface area contributed by atoms with Gasteiger partial charge in [-0.15, -0.1) is 0 Å². The fourth-order valence-corrected chi connectivity index (χ4v) is 2.90. The molecule has 2 aromatic rings. The van der Waals surface area contributed by atoms with Crippen molar-refractivity contribution in [2.24, 2.45) is 0 Å². The third-order valence-electron chi connectivity index (χ3n) is 3.16. The van der Waals surface area contributed by atoms with E-state index < -0.39 is 0 Å². The minimum Gasteiger partial charge on any atom is -0.497 e. The zero-order valence-corrected chi connectivity index (χ0v) is 12.7. The first-order valence-corrected chi connectivity index (χ1v) is 7.98. The summed E-state index contributed by atoms with van der Waals surface area (Å²) in [5, 5.41) is 0. The monoisotopic (exact) mass is 287 g/mol. The van der Waals surface area contributed by atoms with Gasteiger partial charge in [-0.3, -0.25) is 0 Å². The van der Waals surface area contributed by atoms with Gasteiger partial charge in [0, 0.05) is 11.4 Å². The Morgan fingerprint density at radius 3 is 2.25 bits per heavy atom. The summed E-state index contributed by atoms with van der Waals surface area (Å²) in [6.45, 7) is 0. The number of hydrogen-bond donors (Lipinski definition) is 1. The summed E-state index contributed by atoms with van der Waals surface area (Å²) >= 11 is 1.98. The molecule has 2 rings (SSSR count). The van der Waals surface area contributed by atoms with Gasteiger partial charge in [0.2, 0.25) is 0 Å². The number of rotatable bonds is 7. The molecule has 0 spiro atoms. The van der Waals surface area contributed by atoms with E-state index in [2.05, 4.69) is 24.3 Å². The molecule has 0 saturated heterocycles. The lowest BCUT2D eigenvalue weighted by Crippen LogP contribution is -1.90. The highest BCUT2D eigenvalue weighted by Crippen LogP contribution is 2.18. The van der Waals surface area contributed by atoms with Gasteiger partial charge in [-0.25, -0.2) is 0 Å². The van der Waals surface area contributed by atoms with E-state index in [9.17, 15) is 0 Å². The summed E-state index contributed by atoms with van der Waals surface area (Å²) in [7, 11) is 1.70. The van der Waals surface area contributed by atoms with Gasteiger partial charge in [0.1, 0.15) is 5.75 Å². The number of hydrogen-bond acceptors (Lipinski definition) is 3. The molecule has 0 bridgehead atoms. The van der Waals surface area contributed by atoms with Gasteiger partial charge >= 0.3 is 0 Å². The molecular formula is C17H21NOS. The van der Waals surface area contributed by atoms with Crippen molar-refractivity contribution in [3.8, 4) is 5.75 Å². The zero-order valence-electron chi connectivity index (χ0n) is 11.8. The molecule has 0 radical (unpaired) electrons. The molecule has 0 aliphatic rings. The summed E-state index contributed by atoms with van der Waals surface area (Å²) < 4.78 is 5.15. The Kier molecular flexibility index (Phi) is 5.81. The third kappa shape index (κ3) is 4.82. The molecule has 3 heteroatoms. The molecule has 0 fully saturated rings. The standard InChI is InChI=1S/C17H21NOS/c1-19-17-10-6-15(7-11-17)13-20-12-2-3-14-4-8-16(18)9-5-14/h4-11H,2-3,12-13,18H2,1H3. The van der Waals surface area contributed by atoms with Crippen molar-refractivity contribution in [3.05, 3.63) is 59.7 Å². The second-order valence-corrected chi connectivity index (χ2v) is 5.85. The predicted octanol–water partition coefficient (Wildman–Crippen LogP) is 4.14. The van der Waals surface area contributed by atoms with Crippen LogP contribution in [0.5, 0.6) is 5.75 Å². The molecule has 0 atom stereocenters. The topological polar surface area (TPSA) is 35.2 Å². The zero-order chi connectivity index (χ0) is 14.2. The van der Waals surface area contributed by atoms with E-state index in [1.54, 1.807) is 7.11 Å². The van der Waals surface area contributed by atoms with E-state index in [4.69, 9.17) is 10.5 Å². The Bertz CT molecular complexity index is 508. The largest absolute Gasteiger partial charge is 0.497 e. The molecule has 0 aliphatic heterocycles. The Morgan fingerprint density at radius 2 is 1.60 bits per heavy atom. The molecule has 2 nitrogen and oxygen atoms in total. The van der Waals surface area contributed by atoms with Crippen LogP contribution in [0, 0.1) is 0 Å². The van der Waals surface area contributed by atoms with E-state index >= 15 is 0 Å². The highest BCUT2D eigenvalue weighted by atomic mass is 32.2. The predicted molar refractivity (Wildman–Crippen MR) is 88.3 cm³/mol. The van der Waals surface area contributed by atoms with Gasteiger partial charge in [0.15, 0.2) is 0 Å². The summed E-state index contributed by atoms with van der Waals surface area (Å²) in [5.41, 5.74) is 9.23. The van der Waals surface area contributed by atoms with Crippen molar-refractivity contribution in [1.82, 2.24) is 0 Å². The van der Waals surface area contributed by atoms with Crippen molar-refractivity contribution < 1.29 is 4.74 Å². The maximum Gasteiger partial charge on any atom is 0.118 e. The quantitative estimate of drug-likeness (QED) is 0.614. The first kappa shape index (κ1) is 14.8. The molecule has 0 heterocycles. The molecule has 0 unspecified atom stereocenters. The molecule has 0 amide bonds. The fraction of sp³-hybridized carbons (Fsp3) is 0.294. The van der Waals surface area contributed by atoms with E-state index in [1.807, 2.05) is 36.0 Å². The second kappa shape index (κ2) is 7.85. The van der Waals surface area contributed by atoms with Crippen LogP contribution in [0.4, 0.5) is 5.69 Å². The summed E-state index contributed by atoms with van der Waals surface area (Å²) in [6, 6.07) is 16.5. The lowest BCUT2D eigenvalue weighted by atomic mass is 10.1. The second-order valence-electron chi connectivity index (χ2n) is 4.75. The van der Waals surface area contributed by atoms with Crippen LogP contribution in [0.1, 0.15) is 17.5 Å². The number of nitrogen functional groups attached to an aromatic ring is 1. The molecule has 20 heavy (non-hydrogen) atoms. The van der Waals surface area contributed by atoms with Crippen LogP contribution >= 0.6 is 11.8 Å². The maximum atomic E-state index is 5.68. The van der Waals surface area contributed by atoms with Crippen molar-refractivity contribution in [3.63, 3.8) is 0 Å². The van der Waals surface area contributed by atoms with Gasteiger partial charge in [0.05, 0.1) is 7.11 Å². The van der Waals surface area contributed by atoms with Crippen LogP contribution in [0.2, 0.25) is 0 Å². The number of benzene rings is 2. The lowest BCUT2D eigenvalue weighted by molar-refractivity contribution is 0.414. The Morgan fingerprint density at radius 1 is 0.950 bits per heavy atom. The number of aryl methyl sites for hydroxylation is 1. The van der Waals surface area contributed by atoms with Crippen LogP contribution in [0.15, 0.2) is 48.5 Å². The summed E-state index contributed by atoms with van der Waals surface area (Å²) in [4.78, 5) is 0. The summed E-state index contributed by atoms with van der Waals surface area (Å²) in [5.74, 6) is 3.16. The molecule has 0 saturated carbocycles. The highest BCUT2D eigenvalue weighted by Gasteiger charge is 1.97. The molecule has 2 aromatic carbocycles. The first-order valence-electron chi connectivity index (χ1n) is 6.83. The highest BCUT2D eigenvalue weighted by molar-refractivity contribution is 7.98. The van der Waals surface area contributed by atoms with Crippen molar-refractivity contribution >= 4 is 17.4 Å². The van der Waals surface area contributed by atoms with Crippen LogP contribution < -0.4 is 10.5 Å². The van der Waals surface area contributed by atoms with Crippen molar-refractivity contribution in [2.45, 2.75) is 18.6 Å². The number of methoxy groups -OCH3 is 1. The number of thioether (sulfide) groups is 1. The molecule has 0 aliphatic carbocycles. The summed E-state index contributed by atoms with van der Waals surface area (Å²) in [6.07, 6.45) is 2.32. The average Bonchev–Trinajstić information content (AvgIpc) is 2.49. The Hall–Kier alpha value is -1.61. The van der Waals surface area contributed by atoms with E-state index in [1.165, 1.54) is 23.3 Å². The van der Waals surface area contributed by atoms with Crippen LogP contribution in [-0.4, -0.2) is 12.9 Å². The van der Waals surface area contributed by atoms with Gasteiger partial charge in [-0.05, 0) is 54.0 Å². The van der Waals surface area contributed by atoms with Gasteiger partial charge in [-0.1, -0.05) is 24.3 Å². The van der Waals surface area contributed by atoms with E-state index in [0.29, 0.717) is 0 Å². The van der Waals surface area contributed by atoms with Gasteiger partial charge in [0.25, 0.3) is 0 Å². The molecule has 2 N–H and O–H groups in total. The van der Waals surface area contributed by atoms with Crippen LogP contribution in [-0.2, 0) is 12.2 Å². The minimum atomic E-state index is 0.836. The van der Waals surface area contributed by atoms with Gasteiger partial charge in [-0.2, -0.15) is 11.8 Å². The Labute approximate surface area is 125 Å². The maximum absolute atomic E-state index is 5.68. The average molecular weight is 287 g/mol. The SMILES string of the molecule is COc1ccc(CSCCCc2ccc(N)cc2)cc1. The number of ether oxygens (including phenoxy) is 1. The van der Waals surface area contributed by atoms with Crippen molar-refractivity contribution in [1.29, 1.82) is 0 Å². The number of nitrogens with two attached hydrogens (primary N) is 1.